The number of carbonyl (C=O) groups is 4. The number of carboxylic acids is 1. The van der Waals surface area contributed by atoms with E-state index in [-0.39, 0.29) is 6.04 Å². The number of carboxylic acid groups (broad SMARTS) is 1. The van der Waals surface area contributed by atoms with Crippen LogP contribution in [-0.4, -0.2) is 85.9 Å². The van der Waals surface area contributed by atoms with Crippen LogP contribution < -0.4 is 0 Å². The number of aldehydes is 1. The molecule has 2 aliphatic heterocycles. The number of hydrogen-bond donors (Lipinski definition) is 1. The molecule has 1 N–H and O–H groups in total. The first-order valence-electron chi connectivity index (χ1n) is 9.08. The van der Waals surface area contributed by atoms with E-state index in [9.17, 15) is 19.2 Å². The highest BCUT2D eigenvalue weighted by molar-refractivity contribution is 7.99. The fourth-order valence-corrected chi connectivity index (χ4v) is 4.46. The SMILES string of the molecule is CC(C)(C)OC(=O)N1CSC[C@H]1C(=O)O.CC(C)(C)OC(=O)N1CSC[C@H]1C=O. The molecule has 0 unspecified atom stereocenters. The molecule has 0 spiro atoms. The van der Waals surface area contributed by atoms with Crippen molar-refractivity contribution in [3.63, 3.8) is 0 Å². The van der Waals surface area contributed by atoms with Crippen molar-refractivity contribution < 1.29 is 33.8 Å². The van der Waals surface area contributed by atoms with Gasteiger partial charge in [0.1, 0.15) is 29.6 Å². The predicted molar refractivity (Wildman–Crippen MR) is 112 cm³/mol. The standard InChI is InChI=1S/C9H15NO4S.C9H15NO3S/c1-9(2,3)14-8(13)10-5-15-4-6(10)7(11)12;1-9(2,3)13-8(12)10-6-14-5-7(10)4-11/h6H,4-5H2,1-3H3,(H,11,12);4,7H,5-6H2,1-3H3/t6-;7-/m01/s1. The second-order valence-electron chi connectivity index (χ2n) is 8.46. The average Bonchev–Trinajstić information content (AvgIpc) is 3.21. The van der Waals surface area contributed by atoms with Crippen molar-refractivity contribution in [2.24, 2.45) is 0 Å². The van der Waals surface area contributed by atoms with Gasteiger partial charge in [-0.3, -0.25) is 9.80 Å². The minimum absolute atomic E-state index is 0.324. The van der Waals surface area contributed by atoms with Crippen molar-refractivity contribution in [2.75, 3.05) is 23.3 Å². The summed E-state index contributed by atoms with van der Waals surface area (Å²) in [6.07, 6.45) is -0.163. The second kappa shape index (κ2) is 10.4. The van der Waals surface area contributed by atoms with E-state index >= 15 is 0 Å². The molecule has 0 aromatic carbocycles. The Labute approximate surface area is 179 Å². The summed E-state index contributed by atoms with van der Waals surface area (Å²) in [5.41, 5.74) is -1.09. The number of hydrogen-bond acceptors (Lipinski definition) is 8. The van der Waals surface area contributed by atoms with E-state index in [1.165, 1.54) is 21.6 Å². The Balaban J connectivity index is 0.000000291. The van der Waals surface area contributed by atoms with Gasteiger partial charge in [-0.15, -0.1) is 23.5 Å². The third kappa shape index (κ3) is 8.73. The Hall–Kier alpha value is -1.62. The summed E-state index contributed by atoms with van der Waals surface area (Å²) in [6.45, 7) is 10.7. The highest BCUT2D eigenvalue weighted by Gasteiger charge is 2.37. The molecule has 2 fully saturated rings. The number of ether oxygens (including phenoxy) is 2. The fourth-order valence-electron chi connectivity index (χ4n) is 2.23. The molecule has 11 heteroatoms. The van der Waals surface area contributed by atoms with Crippen LogP contribution in [-0.2, 0) is 19.1 Å². The van der Waals surface area contributed by atoms with Gasteiger partial charge in [0.05, 0.1) is 11.8 Å². The molecule has 0 aromatic heterocycles. The Morgan fingerprint density at radius 2 is 1.34 bits per heavy atom. The molecule has 2 atom stereocenters. The Kier molecular flexibility index (Phi) is 9.13. The van der Waals surface area contributed by atoms with Crippen LogP contribution in [0.3, 0.4) is 0 Å². The lowest BCUT2D eigenvalue weighted by Gasteiger charge is -2.26. The first-order chi connectivity index (χ1) is 13.2. The van der Waals surface area contributed by atoms with E-state index in [0.717, 1.165) is 6.29 Å². The molecule has 0 radical (unpaired) electrons. The van der Waals surface area contributed by atoms with Gasteiger partial charge in [0.2, 0.25) is 0 Å². The van der Waals surface area contributed by atoms with Crippen LogP contribution in [0.15, 0.2) is 0 Å². The number of aliphatic carboxylic acids is 1. The molecule has 29 heavy (non-hydrogen) atoms. The highest BCUT2D eigenvalue weighted by Crippen LogP contribution is 2.24. The number of amides is 2. The maximum absolute atomic E-state index is 11.6. The fraction of sp³-hybridized carbons (Fsp3) is 0.778. The number of thioether (sulfide) groups is 2. The molecule has 166 valence electrons. The van der Waals surface area contributed by atoms with Gasteiger partial charge in [-0.05, 0) is 41.5 Å². The molecule has 0 saturated carbocycles. The first-order valence-corrected chi connectivity index (χ1v) is 11.4. The molecule has 0 aromatic rings. The van der Waals surface area contributed by atoms with Gasteiger partial charge in [0.15, 0.2) is 0 Å². The summed E-state index contributed by atoms with van der Waals surface area (Å²) in [5, 5.41) is 8.87. The molecule has 2 amide bonds. The molecular weight excluding hydrogens is 420 g/mol. The molecule has 9 nitrogen and oxygen atoms in total. The van der Waals surface area contributed by atoms with Crippen LogP contribution in [0.25, 0.3) is 0 Å². The lowest BCUT2D eigenvalue weighted by Crippen LogP contribution is -2.44. The quantitative estimate of drug-likeness (QED) is 0.634. The zero-order valence-corrected chi connectivity index (χ0v) is 19.3. The molecule has 2 heterocycles. The van der Waals surface area contributed by atoms with E-state index in [1.807, 2.05) is 20.8 Å². The molecule has 0 bridgehead atoms. The van der Waals surface area contributed by atoms with E-state index in [2.05, 4.69) is 0 Å². The van der Waals surface area contributed by atoms with Crippen molar-refractivity contribution in [2.45, 2.75) is 64.8 Å². The molecule has 2 aliphatic rings. The lowest BCUT2D eigenvalue weighted by atomic mass is 10.2. The predicted octanol–water partition coefficient (Wildman–Crippen LogP) is 2.88. The van der Waals surface area contributed by atoms with Crippen LogP contribution in [0.4, 0.5) is 9.59 Å². The smallest absolute Gasteiger partial charge is 0.411 e. The van der Waals surface area contributed by atoms with Crippen LogP contribution in [0.2, 0.25) is 0 Å². The van der Waals surface area contributed by atoms with Gasteiger partial charge in [-0.2, -0.15) is 0 Å². The van der Waals surface area contributed by atoms with E-state index < -0.39 is 35.4 Å². The van der Waals surface area contributed by atoms with Crippen LogP contribution >= 0.6 is 23.5 Å². The highest BCUT2D eigenvalue weighted by atomic mass is 32.2. The van der Waals surface area contributed by atoms with Crippen LogP contribution in [0.1, 0.15) is 41.5 Å². The summed E-state index contributed by atoms with van der Waals surface area (Å²) < 4.78 is 10.3. The summed E-state index contributed by atoms with van der Waals surface area (Å²) in [7, 11) is 0. The largest absolute Gasteiger partial charge is 0.480 e. The minimum atomic E-state index is -0.981. The molecule has 0 aliphatic carbocycles. The first kappa shape index (κ1) is 25.4. The summed E-state index contributed by atoms with van der Waals surface area (Å²) in [6, 6.07) is -1.08. The maximum Gasteiger partial charge on any atom is 0.411 e. The monoisotopic (exact) mass is 450 g/mol. The van der Waals surface area contributed by atoms with Crippen LogP contribution in [0, 0.1) is 0 Å². The summed E-state index contributed by atoms with van der Waals surface area (Å²) >= 11 is 2.98. The van der Waals surface area contributed by atoms with Gasteiger partial charge in [0, 0.05) is 11.5 Å². The van der Waals surface area contributed by atoms with E-state index in [4.69, 9.17) is 14.6 Å². The van der Waals surface area contributed by atoms with Crippen molar-refractivity contribution in [3.05, 3.63) is 0 Å². The van der Waals surface area contributed by atoms with Gasteiger partial charge in [0.25, 0.3) is 0 Å². The number of nitrogens with zero attached hydrogens (tertiary/aromatic N) is 2. The van der Waals surface area contributed by atoms with Crippen molar-refractivity contribution in [1.29, 1.82) is 0 Å². The van der Waals surface area contributed by atoms with Crippen molar-refractivity contribution >= 4 is 48.0 Å². The lowest BCUT2D eigenvalue weighted by molar-refractivity contribution is -0.141. The maximum atomic E-state index is 11.6. The van der Waals surface area contributed by atoms with E-state index in [1.54, 1.807) is 32.5 Å². The third-order valence-corrected chi connectivity index (χ3v) is 5.55. The Morgan fingerprint density at radius 3 is 1.79 bits per heavy atom. The van der Waals surface area contributed by atoms with Gasteiger partial charge in [-0.25, -0.2) is 14.4 Å². The van der Waals surface area contributed by atoms with Gasteiger partial charge in [-0.1, -0.05) is 0 Å². The zero-order valence-electron chi connectivity index (χ0n) is 17.7. The van der Waals surface area contributed by atoms with Gasteiger partial charge >= 0.3 is 18.2 Å². The second-order valence-corrected chi connectivity index (χ2v) is 10.5. The summed E-state index contributed by atoms with van der Waals surface area (Å²) in [4.78, 5) is 47.3. The molecule has 2 rings (SSSR count). The minimum Gasteiger partial charge on any atom is -0.480 e. The topological polar surface area (TPSA) is 113 Å². The van der Waals surface area contributed by atoms with Crippen LogP contribution in [0.5, 0.6) is 0 Å². The normalized spacial score (nSPS) is 21.9. The van der Waals surface area contributed by atoms with E-state index in [0.29, 0.717) is 23.3 Å². The van der Waals surface area contributed by atoms with Crippen molar-refractivity contribution in [1.82, 2.24) is 9.80 Å². The Morgan fingerprint density at radius 1 is 0.897 bits per heavy atom. The summed E-state index contributed by atoms with van der Waals surface area (Å²) in [5.74, 6) is 1.03. The number of rotatable bonds is 2. The van der Waals surface area contributed by atoms with Crippen molar-refractivity contribution in [3.8, 4) is 0 Å². The number of carbonyl (C=O) groups excluding carboxylic acids is 3. The van der Waals surface area contributed by atoms with Gasteiger partial charge < -0.3 is 19.4 Å². The molecular formula is C18H30N2O7S2. The molecule has 2 saturated heterocycles. The Bertz CT molecular complexity index is 616. The average molecular weight is 451 g/mol. The third-order valence-electron chi connectivity index (χ3n) is 3.50. The zero-order chi connectivity index (χ0) is 22.4.